The van der Waals surface area contributed by atoms with Crippen LogP contribution in [0.4, 0.5) is 0 Å². The highest BCUT2D eigenvalue weighted by Gasteiger charge is 2.38. The first kappa shape index (κ1) is 18.1. The second-order valence-electron chi connectivity index (χ2n) is 6.94. The van der Waals surface area contributed by atoms with Crippen LogP contribution >= 0.6 is 11.8 Å². The molecule has 1 aliphatic rings. The average Bonchev–Trinajstić information content (AvgIpc) is 2.51. The predicted molar refractivity (Wildman–Crippen MR) is 94.3 cm³/mol. The number of ether oxygens (including phenoxy) is 1. The largest absolute Gasteiger partial charge is 0.460 e. The van der Waals surface area contributed by atoms with Gasteiger partial charge in [0.1, 0.15) is 12.4 Å². The van der Waals surface area contributed by atoms with Crippen molar-refractivity contribution < 1.29 is 14.3 Å². The zero-order valence-electron chi connectivity index (χ0n) is 14.2. The van der Waals surface area contributed by atoms with E-state index in [1.54, 1.807) is 0 Å². The zero-order chi connectivity index (χ0) is 16.9. The van der Waals surface area contributed by atoms with E-state index in [4.69, 9.17) is 4.74 Å². The molecule has 1 saturated carbocycles. The summed E-state index contributed by atoms with van der Waals surface area (Å²) in [6.45, 7) is 6.58. The zero-order valence-corrected chi connectivity index (χ0v) is 15.0. The molecule has 1 fully saturated rings. The van der Waals surface area contributed by atoms with Gasteiger partial charge in [-0.25, -0.2) is 0 Å². The second kappa shape index (κ2) is 8.00. The Morgan fingerprint density at radius 2 is 1.96 bits per heavy atom. The van der Waals surface area contributed by atoms with Gasteiger partial charge in [0.05, 0.1) is 5.75 Å². The van der Waals surface area contributed by atoms with E-state index in [1.165, 1.54) is 11.8 Å². The van der Waals surface area contributed by atoms with Crippen LogP contribution in [0.2, 0.25) is 0 Å². The van der Waals surface area contributed by atoms with Crippen LogP contribution in [0.5, 0.6) is 0 Å². The van der Waals surface area contributed by atoms with Crippen molar-refractivity contribution in [2.45, 2.75) is 51.4 Å². The van der Waals surface area contributed by atoms with Crippen LogP contribution in [0.15, 0.2) is 30.3 Å². The van der Waals surface area contributed by atoms with E-state index < -0.39 is 0 Å². The van der Waals surface area contributed by atoms with Crippen molar-refractivity contribution in [3.8, 4) is 0 Å². The third-order valence-electron chi connectivity index (χ3n) is 4.53. The number of ketones is 1. The van der Waals surface area contributed by atoms with Gasteiger partial charge in [-0.15, -0.1) is 11.8 Å². The van der Waals surface area contributed by atoms with E-state index >= 15 is 0 Å². The summed E-state index contributed by atoms with van der Waals surface area (Å²) in [7, 11) is 0. The minimum Gasteiger partial charge on any atom is -0.460 e. The van der Waals surface area contributed by atoms with Crippen molar-refractivity contribution in [1.82, 2.24) is 0 Å². The molecule has 0 spiro atoms. The SMILES string of the molecule is CC1CCC(C(C)(C)SCC(=O)OCc2ccccc2)C(=O)C1. The molecule has 1 aromatic carbocycles. The Labute approximate surface area is 143 Å². The molecule has 2 unspecified atom stereocenters. The molecule has 3 nitrogen and oxygen atoms in total. The van der Waals surface area contributed by atoms with Gasteiger partial charge in [-0.2, -0.15) is 0 Å². The summed E-state index contributed by atoms with van der Waals surface area (Å²) < 4.78 is 5.09. The van der Waals surface area contributed by atoms with Crippen molar-refractivity contribution in [2.75, 3.05) is 5.75 Å². The van der Waals surface area contributed by atoms with Crippen LogP contribution in [0.25, 0.3) is 0 Å². The molecule has 0 amide bonds. The molecule has 1 aliphatic carbocycles. The fourth-order valence-electron chi connectivity index (χ4n) is 3.06. The molecule has 2 rings (SSSR count). The van der Waals surface area contributed by atoms with Gasteiger partial charge in [-0.3, -0.25) is 9.59 Å². The summed E-state index contributed by atoms with van der Waals surface area (Å²) in [4.78, 5) is 24.2. The third-order valence-corrected chi connectivity index (χ3v) is 5.94. The summed E-state index contributed by atoms with van der Waals surface area (Å²) in [6, 6.07) is 9.66. The fraction of sp³-hybridized carbons (Fsp3) is 0.579. The fourth-order valence-corrected chi connectivity index (χ4v) is 4.08. The Hall–Kier alpha value is -1.29. The standard InChI is InChI=1S/C19H26O3S/c1-14-9-10-16(17(20)11-14)19(2,3)23-13-18(21)22-12-15-7-5-4-6-8-15/h4-8,14,16H,9-13H2,1-3H3. The second-order valence-corrected chi connectivity index (χ2v) is 8.57. The highest BCUT2D eigenvalue weighted by Crippen LogP contribution is 2.40. The highest BCUT2D eigenvalue weighted by atomic mass is 32.2. The van der Waals surface area contributed by atoms with Gasteiger partial charge in [0, 0.05) is 17.1 Å². The summed E-state index contributed by atoms with van der Waals surface area (Å²) in [5, 5.41) is 0. The molecule has 0 N–H and O–H groups in total. The van der Waals surface area contributed by atoms with Crippen LogP contribution in [0.3, 0.4) is 0 Å². The van der Waals surface area contributed by atoms with Gasteiger partial charge >= 0.3 is 5.97 Å². The number of carbonyl (C=O) groups excluding carboxylic acids is 2. The molecule has 2 atom stereocenters. The number of Topliss-reactive ketones (excluding diaryl/α,β-unsaturated/α-hetero) is 1. The Bertz CT molecular complexity index is 539. The first-order valence-electron chi connectivity index (χ1n) is 8.24. The molecule has 0 saturated heterocycles. The molecule has 1 aromatic rings. The lowest BCUT2D eigenvalue weighted by Crippen LogP contribution is -2.38. The molecular formula is C19H26O3S. The highest BCUT2D eigenvalue weighted by molar-refractivity contribution is 8.01. The Kier molecular flexibility index (Phi) is 6.28. The summed E-state index contributed by atoms with van der Waals surface area (Å²) >= 11 is 1.54. The van der Waals surface area contributed by atoms with E-state index in [2.05, 4.69) is 20.8 Å². The van der Waals surface area contributed by atoms with Gasteiger partial charge in [0.25, 0.3) is 0 Å². The lowest BCUT2D eigenvalue weighted by Gasteiger charge is -2.36. The lowest BCUT2D eigenvalue weighted by molar-refractivity contribution is -0.141. The van der Waals surface area contributed by atoms with Gasteiger partial charge in [-0.05, 0) is 38.2 Å². The molecule has 0 radical (unpaired) electrons. The van der Waals surface area contributed by atoms with Crippen molar-refractivity contribution in [1.29, 1.82) is 0 Å². The van der Waals surface area contributed by atoms with Crippen LogP contribution in [-0.2, 0) is 20.9 Å². The lowest BCUT2D eigenvalue weighted by atomic mass is 9.76. The minimum absolute atomic E-state index is 0.0469. The molecule has 4 heteroatoms. The number of esters is 1. The summed E-state index contributed by atoms with van der Waals surface area (Å²) in [6.07, 6.45) is 2.70. The molecule has 0 aliphatic heterocycles. The Balaban J connectivity index is 1.79. The molecule has 0 aromatic heterocycles. The van der Waals surface area contributed by atoms with E-state index in [9.17, 15) is 9.59 Å². The summed E-state index contributed by atoms with van der Waals surface area (Å²) in [5.74, 6) is 0.961. The number of benzene rings is 1. The Morgan fingerprint density at radius 1 is 1.26 bits per heavy atom. The van der Waals surface area contributed by atoms with Crippen LogP contribution < -0.4 is 0 Å². The van der Waals surface area contributed by atoms with E-state index in [-0.39, 0.29) is 16.6 Å². The van der Waals surface area contributed by atoms with Crippen LogP contribution in [0, 0.1) is 11.8 Å². The van der Waals surface area contributed by atoms with Gasteiger partial charge in [-0.1, -0.05) is 37.3 Å². The maximum absolute atomic E-state index is 12.3. The topological polar surface area (TPSA) is 43.4 Å². The monoisotopic (exact) mass is 334 g/mol. The molecule has 0 heterocycles. The summed E-state index contributed by atoms with van der Waals surface area (Å²) in [5.41, 5.74) is 0.988. The van der Waals surface area contributed by atoms with Crippen molar-refractivity contribution >= 4 is 23.5 Å². The molecule has 23 heavy (non-hydrogen) atoms. The number of rotatable bonds is 6. The average molecular weight is 334 g/mol. The van der Waals surface area contributed by atoms with Crippen molar-refractivity contribution in [3.05, 3.63) is 35.9 Å². The third kappa shape index (κ3) is 5.38. The number of carbonyl (C=O) groups is 2. The van der Waals surface area contributed by atoms with E-state index in [1.807, 2.05) is 30.3 Å². The first-order chi connectivity index (χ1) is 10.9. The quantitative estimate of drug-likeness (QED) is 0.730. The maximum atomic E-state index is 12.3. The van der Waals surface area contributed by atoms with E-state index in [0.29, 0.717) is 30.5 Å². The molecular weight excluding hydrogens is 308 g/mol. The predicted octanol–water partition coefficient (Wildman–Crippen LogP) is 4.25. The van der Waals surface area contributed by atoms with Gasteiger partial charge < -0.3 is 4.74 Å². The smallest absolute Gasteiger partial charge is 0.316 e. The van der Waals surface area contributed by atoms with Gasteiger partial charge in [0.15, 0.2) is 0 Å². The Morgan fingerprint density at radius 3 is 2.61 bits per heavy atom. The number of hydrogen-bond donors (Lipinski definition) is 0. The first-order valence-corrected chi connectivity index (χ1v) is 9.23. The molecule has 0 bridgehead atoms. The minimum atomic E-state index is -0.219. The van der Waals surface area contributed by atoms with E-state index in [0.717, 1.165) is 18.4 Å². The maximum Gasteiger partial charge on any atom is 0.316 e. The van der Waals surface area contributed by atoms with Gasteiger partial charge in [0.2, 0.25) is 0 Å². The number of hydrogen-bond acceptors (Lipinski definition) is 4. The normalized spacial score (nSPS) is 22.0. The molecule has 126 valence electrons. The van der Waals surface area contributed by atoms with Crippen molar-refractivity contribution in [3.63, 3.8) is 0 Å². The van der Waals surface area contributed by atoms with Crippen LogP contribution in [0.1, 0.15) is 45.6 Å². The van der Waals surface area contributed by atoms with Crippen LogP contribution in [-0.4, -0.2) is 22.3 Å². The number of thioether (sulfide) groups is 1. The van der Waals surface area contributed by atoms with Crippen molar-refractivity contribution in [2.24, 2.45) is 11.8 Å².